The molecule has 2 N–H and O–H groups in total. The number of aliphatic hydroxyl groups excluding tert-OH is 1. The van der Waals surface area contributed by atoms with Crippen molar-refractivity contribution in [2.75, 3.05) is 20.3 Å². The van der Waals surface area contributed by atoms with E-state index in [0.29, 0.717) is 12.5 Å². The summed E-state index contributed by atoms with van der Waals surface area (Å²) < 4.78 is 11.0. The Morgan fingerprint density at radius 3 is 2.97 bits per heavy atom. The van der Waals surface area contributed by atoms with Crippen LogP contribution in [0, 0.1) is 19.8 Å². The fourth-order valence-electron chi connectivity index (χ4n) is 5.27. The van der Waals surface area contributed by atoms with Gasteiger partial charge in [-0.25, -0.2) is 4.98 Å². The maximum absolute atomic E-state index is 10.8. The number of nitrogens with one attached hydrogen (secondary N) is 1. The minimum Gasteiger partial charge on any atom is -0.481 e. The van der Waals surface area contributed by atoms with Crippen LogP contribution < -0.4 is 10.1 Å². The Morgan fingerprint density at radius 2 is 2.21 bits per heavy atom. The monoisotopic (exact) mass is 396 g/mol. The molecule has 0 bridgehead atoms. The molecule has 154 valence electrons. The van der Waals surface area contributed by atoms with Crippen LogP contribution in [0.1, 0.15) is 35.4 Å². The fraction of sp³-hybridized carbons (Fsp3) is 0.545. The molecular weight excluding hydrogens is 368 g/mol. The number of fused-ring (bicyclic) bond motifs is 2. The number of pyridine rings is 1. The number of hydrazone groups is 1. The number of ether oxygens (including phenoxy) is 2. The maximum atomic E-state index is 10.8. The molecule has 1 aromatic rings. The van der Waals surface area contributed by atoms with E-state index in [-0.39, 0.29) is 23.9 Å². The van der Waals surface area contributed by atoms with E-state index in [1.807, 2.05) is 12.4 Å². The number of aromatic nitrogens is 1. The van der Waals surface area contributed by atoms with Gasteiger partial charge in [0.1, 0.15) is 6.23 Å². The summed E-state index contributed by atoms with van der Waals surface area (Å²) in [5.41, 5.74) is 5.83. The summed E-state index contributed by atoms with van der Waals surface area (Å²) in [6.45, 7) is 5.64. The molecule has 0 aromatic carbocycles. The number of nitrogens with zero attached hydrogens (tertiary/aromatic N) is 3. The van der Waals surface area contributed by atoms with Crippen molar-refractivity contribution in [1.82, 2.24) is 15.3 Å². The van der Waals surface area contributed by atoms with Crippen LogP contribution in [-0.2, 0) is 4.74 Å². The van der Waals surface area contributed by atoms with Crippen molar-refractivity contribution in [1.29, 1.82) is 0 Å². The molecule has 4 heterocycles. The van der Waals surface area contributed by atoms with Crippen LogP contribution in [0.5, 0.6) is 5.88 Å². The van der Waals surface area contributed by atoms with Gasteiger partial charge in [0.25, 0.3) is 0 Å². The lowest BCUT2D eigenvalue weighted by molar-refractivity contribution is 0.0520. The summed E-state index contributed by atoms with van der Waals surface area (Å²) in [5.74, 6) is 0.847. The van der Waals surface area contributed by atoms with Crippen molar-refractivity contribution in [3.8, 4) is 5.88 Å². The van der Waals surface area contributed by atoms with Gasteiger partial charge in [-0.2, -0.15) is 5.10 Å². The third-order valence-corrected chi connectivity index (χ3v) is 6.68. The summed E-state index contributed by atoms with van der Waals surface area (Å²) in [7, 11) is 1.66. The standard InChI is InChI=1S/C22H28N4O3/c1-12-9-23-22(28-3)13(2)19(12)14-4-5-16-18(8-14)25-21(27)17-10-24-26(20(16)17)15-6-7-29-11-15/h4-5,9-10,14-15,17,20-21,25,27H,6-8,11H2,1-3H3/t14?,15-,17?,20?,21?/m0/s1. The highest BCUT2D eigenvalue weighted by Gasteiger charge is 2.46. The normalized spacial score (nSPS) is 33.0. The number of rotatable bonds is 3. The minimum absolute atomic E-state index is 0.0416. The second-order valence-electron chi connectivity index (χ2n) is 8.37. The van der Waals surface area contributed by atoms with Gasteiger partial charge in [-0.1, -0.05) is 12.2 Å². The Bertz CT molecular complexity index is 904. The van der Waals surface area contributed by atoms with Gasteiger partial charge in [0.05, 0.1) is 31.7 Å². The summed E-state index contributed by atoms with van der Waals surface area (Å²) in [5, 5.41) is 21.0. The number of hydrogen-bond donors (Lipinski definition) is 2. The maximum Gasteiger partial charge on any atom is 0.216 e. The first kappa shape index (κ1) is 18.6. The van der Waals surface area contributed by atoms with Gasteiger partial charge in [-0.05, 0) is 43.4 Å². The fourth-order valence-corrected chi connectivity index (χ4v) is 5.27. The topological polar surface area (TPSA) is 79.2 Å². The first-order valence-electron chi connectivity index (χ1n) is 10.3. The molecule has 1 aliphatic carbocycles. The average Bonchev–Trinajstić information content (AvgIpc) is 3.38. The molecule has 1 fully saturated rings. The molecule has 5 atom stereocenters. The Kier molecular flexibility index (Phi) is 4.59. The van der Waals surface area contributed by atoms with Crippen LogP contribution in [0.3, 0.4) is 0 Å². The second-order valence-corrected chi connectivity index (χ2v) is 8.37. The second kappa shape index (κ2) is 7.15. The van der Waals surface area contributed by atoms with E-state index >= 15 is 0 Å². The van der Waals surface area contributed by atoms with Crippen molar-refractivity contribution in [2.24, 2.45) is 11.0 Å². The Morgan fingerprint density at radius 1 is 1.34 bits per heavy atom. The lowest BCUT2D eigenvalue weighted by Crippen LogP contribution is -2.53. The van der Waals surface area contributed by atoms with E-state index in [1.165, 1.54) is 11.1 Å². The van der Waals surface area contributed by atoms with Crippen LogP contribution >= 0.6 is 0 Å². The molecule has 4 aliphatic rings. The van der Waals surface area contributed by atoms with Gasteiger partial charge >= 0.3 is 0 Å². The van der Waals surface area contributed by atoms with Crippen molar-refractivity contribution >= 4 is 6.21 Å². The number of methoxy groups -OCH3 is 1. The highest BCUT2D eigenvalue weighted by atomic mass is 16.5. The third-order valence-electron chi connectivity index (χ3n) is 6.68. The molecule has 1 aromatic heterocycles. The van der Waals surface area contributed by atoms with E-state index < -0.39 is 6.23 Å². The van der Waals surface area contributed by atoms with Crippen molar-refractivity contribution < 1.29 is 14.6 Å². The first-order valence-corrected chi connectivity index (χ1v) is 10.3. The Hall–Kier alpha value is -2.38. The van der Waals surface area contributed by atoms with E-state index in [0.717, 1.165) is 36.3 Å². The largest absolute Gasteiger partial charge is 0.481 e. The zero-order valence-electron chi connectivity index (χ0n) is 17.1. The predicted molar refractivity (Wildman–Crippen MR) is 110 cm³/mol. The summed E-state index contributed by atoms with van der Waals surface area (Å²) in [6, 6.07) is 0.347. The molecule has 7 heteroatoms. The highest BCUT2D eigenvalue weighted by molar-refractivity contribution is 5.68. The lowest BCUT2D eigenvalue weighted by atomic mass is 9.78. The highest BCUT2D eigenvalue weighted by Crippen LogP contribution is 2.42. The molecule has 0 amide bonds. The molecule has 0 saturated carbocycles. The Balaban J connectivity index is 1.47. The molecule has 7 nitrogen and oxygen atoms in total. The number of allylic oxidation sites excluding steroid dienone is 2. The number of aryl methyl sites for hydroxylation is 1. The van der Waals surface area contributed by atoms with Gasteiger partial charge in [0.15, 0.2) is 0 Å². The zero-order valence-corrected chi connectivity index (χ0v) is 17.1. The third kappa shape index (κ3) is 2.95. The smallest absolute Gasteiger partial charge is 0.216 e. The molecule has 29 heavy (non-hydrogen) atoms. The van der Waals surface area contributed by atoms with Crippen molar-refractivity contribution in [2.45, 2.75) is 50.9 Å². The molecule has 3 aliphatic heterocycles. The van der Waals surface area contributed by atoms with Crippen LogP contribution in [0.2, 0.25) is 0 Å². The van der Waals surface area contributed by atoms with Gasteiger partial charge in [0.2, 0.25) is 5.88 Å². The molecule has 0 radical (unpaired) electrons. The summed E-state index contributed by atoms with van der Waals surface area (Å²) >= 11 is 0. The molecule has 1 saturated heterocycles. The van der Waals surface area contributed by atoms with E-state index in [2.05, 4.69) is 46.4 Å². The zero-order chi connectivity index (χ0) is 20.1. The van der Waals surface area contributed by atoms with Gasteiger partial charge in [-0.15, -0.1) is 0 Å². The first-order chi connectivity index (χ1) is 14.1. The van der Waals surface area contributed by atoms with Crippen LogP contribution in [0.25, 0.3) is 0 Å². The van der Waals surface area contributed by atoms with E-state index in [9.17, 15) is 5.11 Å². The Labute approximate surface area is 171 Å². The van der Waals surface area contributed by atoms with Crippen LogP contribution in [0.15, 0.2) is 34.7 Å². The minimum atomic E-state index is -0.629. The van der Waals surface area contributed by atoms with E-state index in [4.69, 9.17) is 9.47 Å². The van der Waals surface area contributed by atoms with Crippen LogP contribution in [-0.4, -0.2) is 59.9 Å². The molecule has 5 rings (SSSR count). The lowest BCUT2D eigenvalue weighted by Gasteiger charge is -2.41. The summed E-state index contributed by atoms with van der Waals surface area (Å²) in [6.07, 6.45) is 9.45. The molecule has 0 spiro atoms. The molecular formula is C22H28N4O3. The number of hydrogen-bond acceptors (Lipinski definition) is 7. The van der Waals surface area contributed by atoms with Crippen molar-refractivity contribution in [3.63, 3.8) is 0 Å². The van der Waals surface area contributed by atoms with E-state index in [1.54, 1.807) is 7.11 Å². The average molecular weight is 396 g/mol. The summed E-state index contributed by atoms with van der Waals surface area (Å²) in [4.78, 5) is 4.39. The quantitative estimate of drug-likeness (QED) is 0.814. The SMILES string of the molecule is COc1ncc(C)c(C2C=CC3=C(C2)NC(O)C2C=NN([C@H]4CCOC4)C32)c1C. The number of aliphatic hydroxyl groups is 1. The van der Waals surface area contributed by atoms with Gasteiger partial charge < -0.3 is 19.9 Å². The van der Waals surface area contributed by atoms with Gasteiger partial charge in [0, 0.05) is 36.2 Å². The van der Waals surface area contributed by atoms with Crippen molar-refractivity contribution in [3.05, 3.63) is 46.3 Å². The molecule has 4 unspecified atom stereocenters. The predicted octanol–water partition coefficient (Wildman–Crippen LogP) is 2.00. The van der Waals surface area contributed by atoms with Gasteiger partial charge in [-0.3, -0.25) is 5.01 Å². The van der Waals surface area contributed by atoms with Crippen LogP contribution in [0.4, 0.5) is 0 Å².